The Balaban J connectivity index is 2.28. The molecule has 0 heterocycles. The lowest BCUT2D eigenvalue weighted by molar-refractivity contribution is -0.111. The maximum absolute atomic E-state index is 13.1. The van der Waals surface area contributed by atoms with Crippen molar-refractivity contribution in [2.24, 2.45) is 0 Å². The minimum Gasteiger partial charge on any atom is -0.396 e. The molecule has 5 nitrogen and oxygen atoms in total. The van der Waals surface area contributed by atoms with Gasteiger partial charge in [-0.1, -0.05) is 42.4 Å². The summed E-state index contributed by atoms with van der Waals surface area (Å²) in [6.45, 7) is 4.13. The molecule has 0 radical (unpaired) electrons. The van der Waals surface area contributed by atoms with Crippen LogP contribution >= 0.6 is 11.6 Å². The number of hydrogen-bond donors (Lipinski definition) is 2. The van der Waals surface area contributed by atoms with Gasteiger partial charge in [0.15, 0.2) is 0 Å². The zero-order valence-corrected chi connectivity index (χ0v) is 15.1. The van der Waals surface area contributed by atoms with Crippen LogP contribution in [-0.2, 0) is 11.3 Å². The van der Waals surface area contributed by atoms with Crippen molar-refractivity contribution in [3.8, 4) is 0 Å². The standard InChI is InChI=1S/C20H21ClN2O3/c1-2-19(25)22-18-10-4-3-9-17(18)20(26)23(11-6-12-24)14-15-7-5-8-16(21)13-15/h2-5,7-10,13,24H,1,6,11-12,14H2,(H,22,25). The predicted octanol–water partition coefficient (Wildman–Crippen LogP) is 3.49. The lowest BCUT2D eigenvalue weighted by Gasteiger charge is -2.24. The van der Waals surface area contributed by atoms with Crippen LogP contribution < -0.4 is 5.32 Å². The minimum absolute atomic E-state index is 0.0197. The van der Waals surface area contributed by atoms with E-state index >= 15 is 0 Å². The molecule has 0 fully saturated rings. The van der Waals surface area contributed by atoms with E-state index in [2.05, 4.69) is 11.9 Å². The quantitative estimate of drug-likeness (QED) is 0.697. The van der Waals surface area contributed by atoms with E-state index in [9.17, 15) is 9.59 Å². The van der Waals surface area contributed by atoms with Gasteiger partial charge in [0.25, 0.3) is 5.91 Å². The number of nitrogens with zero attached hydrogens (tertiary/aromatic N) is 1. The number of aliphatic hydroxyl groups is 1. The summed E-state index contributed by atoms with van der Waals surface area (Å²) in [5.41, 5.74) is 1.68. The number of halogens is 1. The average Bonchev–Trinajstić information content (AvgIpc) is 2.65. The molecule has 0 unspecified atom stereocenters. The number of aliphatic hydroxyl groups excluding tert-OH is 1. The largest absolute Gasteiger partial charge is 0.396 e. The second-order valence-corrected chi connectivity index (χ2v) is 6.11. The lowest BCUT2D eigenvalue weighted by atomic mass is 10.1. The van der Waals surface area contributed by atoms with Crippen molar-refractivity contribution >= 4 is 29.1 Å². The van der Waals surface area contributed by atoms with E-state index in [1.807, 2.05) is 12.1 Å². The Morgan fingerprint density at radius 1 is 1.19 bits per heavy atom. The van der Waals surface area contributed by atoms with Gasteiger partial charge in [-0.25, -0.2) is 0 Å². The van der Waals surface area contributed by atoms with E-state index < -0.39 is 0 Å². The van der Waals surface area contributed by atoms with Crippen LogP contribution in [0.2, 0.25) is 5.02 Å². The fourth-order valence-corrected chi connectivity index (χ4v) is 2.72. The summed E-state index contributed by atoms with van der Waals surface area (Å²) in [6, 6.07) is 14.1. The highest BCUT2D eigenvalue weighted by Gasteiger charge is 2.19. The molecule has 0 spiro atoms. The van der Waals surface area contributed by atoms with Gasteiger partial charge in [0.1, 0.15) is 0 Å². The van der Waals surface area contributed by atoms with Crippen LogP contribution in [0.25, 0.3) is 0 Å². The molecule has 0 bridgehead atoms. The first kappa shape index (κ1) is 19.7. The molecular formula is C20H21ClN2O3. The Hall–Kier alpha value is -2.63. The van der Waals surface area contributed by atoms with Gasteiger partial charge in [0.05, 0.1) is 11.3 Å². The SMILES string of the molecule is C=CC(=O)Nc1ccccc1C(=O)N(CCCO)Cc1cccc(Cl)c1. The van der Waals surface area contributed by atoms with Gasteiger partial charge in [-0.15, -0.1) is 0 Å². The van der Waals surface area contributed by atoms with Crippen molar-refractivity contribution in [2.45, 2.75) is 13.0 Å². The summed E-state index contributed by atoms with van der Waals surface area (Å²) in [5, 5.41) is 12.4. The maximum Gasteiger partial charge on any atom is 0.256 e. The molecule has 2 rings (SSSR count). The van der Waals surface area contributed by atoms with Crippen LogP contribution in [0.1, 0.15) is 22.3 Å². The van der Waals surface area contributed by atoms with Crippen molar-refractivity contribution in [3.05, 3.63) is 77.3 Å². The van der Waals surface area contributed by atoms with Gasteiger partial charge in [-0.2, -0.15) is 0 Å². The first-order chi connectivity index (χ1) is 12.5. The van der Waals surface area contributed by atoms with Gasteiger partial charge in [0.2, 0.25) is 5.91 Å². The molecule has 136 valence electrons. The molecule has 0 aliphatic carbocycles. The van der Waals surface area contributed by atoms with Crippen LogP contribution in [0.3, 0.4) is 0 Å². The number of amides is 2. The van der Waals surface area contributed by atoms with Gasteiger partial charge >= 0.3 is 0 Å². The smallest absolute Gasteiger partial charge is 0.256 e. The first-order valence-corrected chi connectivity index (χ1v) is 8.60. The van der Waals surface area contributed by atoms with Gasteiger partial charge in [-0.3, -0.25) is 9.59 Å². The van der Waals surface area contributed by atoms with Crippen molar-refractivity contribution in [1.82, 2.24) is 4.90 Å². The normalized spacial score (nSPS) is 10.2. The Bertz CT molecular complexity index is 792. The number of carbonyl (C=O) groups excluding carboxylic acids is 2. The molecule has 2 aromatic carbocycles. The molecule has 0 aromatic heterocycles. The second kappa shape index (κ2) is 9.75. The zero-order chi connectivity index (χ0) is 18.9. The topological polar surface area (TPSA) is 69.6 Å². The summed E-state index contributed by atoms with van der Waals surface area (Å²) >= 11 is 6.03. The molecular weight excluding hydrogens is 352 g/mol. The molecule has 0 saturated heterocycles. The number of hydrogen-bond acceptors (Lipinski definition) is 3. The molecule has 2 aromatic rings. The lowest BCUT2D eigenvalue weighted by Crippen LogP contribution is -2.32. The summed E-state index contributed by atoms with van der Waals surface area (Å²) < 4.78 is 0. The highest BCUT2D eigenvalue weighted by atomic mass is 35.5. The third-order valence-corrected chi connectivity index (χ3v) is 3.97. The highest BCUT2D eigenvalue weighted by Crippen LogP contribution is 2.20. The minimum atomic E-state index is -0.387. The molecule has 0 aliphatic rings. The highest BCUT2D eigenvalue weighted by molar-refractivity contribution is 6.30. The fourth-order valence-electron chi connectivity index (χ4n) is 2.50. The second-order valence-electron chi connectivity index (χ2n) is 5.67. The van der Waals surface area contributed by atoms with E-state index in [-0.39, 0.29) is 18.4 Å². The zero-order valence-electron chi connectivity index (χ0n) is 14.3. The molecule has 2 N–H and O–H groups in total. The van der Waals surface area contributed by atoms with Crippen molar-refractivity contribution in [3.63, 3.8) is 0 Å². The number of anilines is 1. The number of benzene rings is 2. The van der Waals surface area contributed by atoms with Crippen LogP contribution in [0.4, 0.5) is 5.69 Å². The maximum atomic E-state index is 13.1. The number of para-hydroxylation sites is 1. The first-order valence-electron chi connectivity index (χ1n) is 8.22. The van der Waals surface area contributed by atoms with Gasteiger partial charge in [-0.05, 0) is 42.3 Å². The molecule has 6 heteroatoms. The van der Waals surface area contributed by atoms with Crippen molar-refractivity contribution in [2.75, 3.05) is 18.5 Å². The Labute approximate surface area is 157 Å². The number of rotatable bonds is 8. The molecule has 26 heavy (non-hydrogen) atoms. The van der Waals surface area contributed by atoms with E-state index in [1.54, 1.807) is 41.3 Å². The Kier molecular flexibility index (Phi) is 7.38. The number of nitrogens with one attached hydrogen (secondary N) is 1. The van der Waals surface area contributed by atoms with E-state index in [0.29, 0.717) is 35.8 Å². The summed E-state index contributed by atoms with van der Waals surface area (Å²) in [4.78, 5) is 26.3. The third kappa shape index (κ3) is 5.44. The van der Waals surface area contributed by atoms with Crippen molar-refractivity contribution < 1.29 is 14.7 Å². The van der Waals surface area contributed by atoms with E-state index in [1.165, 1.54) is 0 Å². The van der Waals surface area contributed by atoms with E-state index in [4.69, 9.17) is 16.7 Å². The van der Waals surface area contributed by atoms with Gasteiger partial charge < -0.3 is 15.3 Å². The summed E-state index contributed by atoms with van der Waals surface area (Å²) in [7, 11) is 0. The monoisotopic (exact) mass is 372 g/mol. The van der Waals surface area contributed by atoms with Crippen LogP contribution in [0.5, 0.6) is 0 Å². The fraction of sp³-hybridized carbons (Fsp3) is 0.200. The van der Waals surface area contributed by atoms with E-state index in [0.717, 1.165) is 11.6 Å². The molecule has 0 atom stereocenters. The Morgan fingerprint density at radius 3 is 2.65 bits per heavy atom. The Morgan fingerprint density at radius 2 is 1.96 bits per heavy atom. The third-order valence-electron chi connectivity index (χ3n) is 3.74. The summed E-state index contributed by atoms with van der Waals surface area (Å²) in [5.74, 6) is -0.625. The van der Waals surface area contributed by atoms with Crippen LogP contribution in [0.15, 0.2) is 61.2 Å². The molecule has 0 saturated carbocycles. The van der Waals surface area contributed by atoms with Crippen LogP contribution in [-0.4, -0.2) is 35.0 Å². The average molecular weight is 373 g/mol. The molecule has 0 aliphatic heterocycles. The van der Waals surface area contributed by atoms with Gasteiger partial charge in [0, 0.05) is 24.7 Å². The molecule has 2 amide bonds. The predicted molar refractivity (Wildman–Crippen MR) is 103 cm³/mol. The van der Waals surface area contributed by atoms with Crippen LogP contribution in [0, 0.1) is 0 Å². The summed E-state index contributed by atoms with van der Waals surface area (Å²) in [6.07, 6.45) is 1.60. The number of carbonyl (C=O) groups is 2. The van der Waals surface area contributed by atoms with Crippen molar-refractivity contribution in [1.29, 1.82) is 0 Å².